The van der Waals surface area contributed by atoms with Crippen molar-refractivity contribution in [1.82, 2.24) is 20.3 Å². The van der Waals surface area contributed by atoms with Gasteiger partial charge in [0.25, 0.3) is 5.91 Å². The third kappa shape index (κ3) is 5.38. The molecule has 1 aromatic heterocycles. The second-order valence-electron chi connectivity index (χ2n) is 4.78. The number of unbranched alkanes of at least 4 members (excludes halogenated alkanes) is 1. The summed E-state index contributed by atoms with van der Waals surface area (Å²) in [5.41, 5.74) is 5.78. The smallest absolute Gasteiger partial charge is 0.273 e. The Bertz CT molecular complexity index is 377. The van der Waals surface area contributed by atoms with Gasteiger partial charge in [0.15, 0.2) is 5.69 Å². The molecular weight excluding hydrogens is 242 g/mol. The number of nitrogens with two attached hydrogens (primary N) is 1. The summed E-state index contributed by atoms with van der Waals surface area (Å²) >= 11 is 0. The van der Waals surface area contributed by atoms with E-state index in [0.717, 1.165) is 12.8 Å². The average Bonchev–Trinajstić information content (AvgIpc) is 2.88. The number of nitrogens with one attached hydrogen (secondary N) is 1. The lowest BCUT2D eigenvalue weighted by Crippen LogP contribution is -2.29. The first kappa shape index (κ1) is 15.6. The first-order chi connectivity index (χ1) is 9.21. The fraction of sp³-hybridized carbons (Fsp3) is 0.769. The summed E-state index contributed by atoms with van der Waals surface area (Å²) in [5.74, 6) is 0.390. The van der Waals surface area contributed by atoms with Gasteiger partial charge in [-0.15, -0.1) is 5.10 Å². The van der Waals surface area contributed by atoms with Crippen LogP contribution in [0.3, 0.4) is 0 Å². The molecule has 19 heavy (non-hydrogen) atoms. The van der Waals surface area contributed by atoms with E-state index >= 15 is 0 Å². The third-order valence-electron chi connectivity index (χ3n) is 3.22. The van der Waals surface area contributed by atoms with E-state index in [2.05, 4.69) is 29.5 Å². The van der Waals surface area contributed by atoms with Crippen LogP contribution in [-0.4, -0.2) is 34.0 Å². The van der Waals surface area contributed by atoms with Crippen molar-refractivity contribution < 1.29 is 4.79 Å². The number of hydrogen-bond acceptors (Lipinski definition) is 4. The van der Waals surface area contributed by atoms with Gasteiger partial charge < -0.3 is 11.1 Å². The largest absolute Gasteiger partial charge is 0.350 e. The van der Waals surface area contributed by atoms with Crippen molar-refractivity contribution in [1.29, 1.82) is 0 Å². The molecule has 0 radical (unpaired) electrons. The van der Waals surface area contributed by atoms with Gasteiger partial charge in [-0.05, 0) is 12.3 Å². The molecule has 0 spiro atoms. The molecule has 0 aromatic carbocycles. The van der Waals surface area contributed by atoms with E-state index in [9.17, 15) is 4.79 Å². The van der Waals surface area contributed by atoms with Gasteiger partial charge in [-0.1, -0.05) is 38.3 Å². The Kier molecular flexibility index (Phi) is 7.10. The highest BCUT2D eigenvalue weighted by Gasteiger charge is 2.12. The minimum Gasteiger partial charge on any atom is -0.350 e. The quantitative estimate of drug-likeness (QED) is 0.703. The van der Waals surface area contributed by atoms with Crippen molar-refractivity contribution in [2.24, 2.45) is 11.7 Å². The van der Waals surface area contributed by atoms with Gasteiger partial charge in [-0.25, -0.2) is 0 Å². The van der Waals surface area contributed by atoms with Crippen molar-refractivity contribution in [3.8, 4) is 0 Å². The molecule has 1 unspecified atom stereocenters. The Morgan fingerprint density at radius 1 is 1.53 bits per heavy atom. The minimum atomic E-state index is -0.154. The van der Waals surface area contributed by atoms with Crippen molar-refractivity contribution in [2.75, 3.05) is 13.1 Å². The zero-order chi connectivity index (χ0) is 14.1. The molecule has 6 heteroatoms. The van der Waals surface area contributed by atoms with Gasteiger partial charge in [-0.3, -0.25) is 9.48 Å². The first-order valence-electron chi connectivity index (χ1n) is 7.09. The molecule has 0 fully saturated rings. The van der Waals surface area contributed by atoms with Crippen LogP contribution in [0.15, 0.2) is 6.20 Å². The maximum Gasteiger partial charge on any atom is 0.273 e. The number of nitrogens with zero attached hydrogens (tertiary/aromatic N) is 3. The van der Waals surface area contributed by atoms with Crippen LogP contribution in [0.2, 0.25) is 0 Å². The molecule has 1 rings (SSSR count). The van der Waals surface area contributed by atoms with Gasteiger partial charge in [0.05, 0.1) is 12.7 Å². The van der Waals surface area contributed by atoms with Crippen LogP contribution in [0.1, 0.15) is 50.0 Å². The van der Waals surface area contributed by atoms with Crippen LogP contribution >= 0.6 is 0 Å². The Morgan fingerprint density at radius 2 is 2.32 bits per heavy atom. The van der Waals surface area contributed by atoms with E-state index in [1.165, 1.54) is 12.8 Å². The monoisotopic (exact) mass is 267 g/mol. The first-order valence-corrected chi connectivity index (χ1v) is 7.09. The van der Waals surface area contributed by atoms with Crippen molar-refractivity contribution >= 4 is 5.91 Å². The maximum atomic E-state index is 11.9. The Hall–Kier alpha value is -1.43. The lowest BCUT2D eigenvalue weighted by atomic mass is 9.99. The third-order valence-corrected chi connectivity index (χ3v) is 3.22. The molecule has 1 atom stereocenters. The number of aromatic nitrogens is 3. The standard InChI is InChI=1S/C13H25N5O/c1-3-5-6-11(4-2)9-15-13(19)12-10-18(8-7-14)17-16-12/h10-11H,3-9,14H2,1-2H3,(H,15,19). The second kappa shape index (κ2) is 8.63. The molecule has 1 amide bonds. The summed E-state index contributed by atoms with van der Waals surface area (Å²) < 4.78 is 1.59. The van der Waals surface area contributed by atoms with Gasteiger partial charge in [-0.2, -0.15) is 0 Å². The van der Waals surface area contributed by atoms with E-state index in [4.69, 9.17) is 5.73 Å². The van der Waals surface area contributed by atoms with Gasteiger partial charge >= 0.3 is 0 Å². The van der Waals surface area contributed by atoms with Crippen LogP contribution in [0.4, 0.5) is 0 Å². The predicted molar refractivity (Wildman–Crippen MR) is 74.7 cm³/mol. The van der Waals surface area contributed by atoms with E-state index < -0.39 is 0 Å². The zero-order valence-electron chi connectivity index (χ0n) is 11.9. The maximum absolute atomic E-state index is 11.9. The molecule has 1 aromatic rings. The molecule has 108 valence electrons. The van der Waals surface area contributed by atoms with Gasteiger partial charge in [0, 0.05) is 13.1 Å². The molecule has 0 aliphatic rings. The lowest BCUT2D eigenvalue weighted by molar-refractivity contribution is 0.0940. The lowest BCUT2D eigenvalue weighted by Gasteiger charge is -2.14. The Balaban J connectivity index is 2.40. The highest BCUT2D eigenvalue weighted by molar-refractivity contribution is 5.91. The predicted octanol–water partition coefficient (Wildman–Crippen LogP) is 1.18. The Morgan fingerprint density at radius 3 is 2.95 bits per heavy atom. The summed E-state index contributed by atoms with van der Waals surface area (Å²) in [7, 11) is 0. The average molecular weight is 267 g/mol. The zero-order valence-corrected chi connectivity index (χ0v) is 11.9. The fourth-order valence-electron chi connectivity index (χ4n) is 1.91. The molecule has 0 bridgehead atoms. The summed E-state index contributed by atoms with van der Waals surface area (Å²) in [6.45, 7) is 6.11. The topological polar surface area (TPSA) is 85.8 Å². The molecule has 0 saturated heterocycles. The SMILES string of the molecule is CCCCC(CC)CNC(=O)c1cn(CCN)nn1. The summed E-state index contributed by atoms with van der Waals surface area (Å²) in [6, 6.07) is 0. The van der Waals surface area contributed by atoms with Crippen molar-refractivity contribution in [3.05, 3.63) is 11.9 Å². The molecule has 1 heterocycles. The van der Waals surface area contributed by atoms with E-state index in [1.54, 1.807) is 10.9 Å². The number of amides is 1. The van der Waals surface area contributed by atoms with Gasteiger partial charge in [0.2, 0.25) is 0 Å². The number of carbonyl (C=O) groups excluding carboxylic acids is 1. The van der Waals surface area contributed by atoms with E-state index in [0.29, 0.717) is 31.2 Å². The van der Waals surface area contributed by atoms with Crippen molar-refractivity contribution in [3.63, 3.8) is 0 Å². The van der Waals surface area contributed by atoms with E-state index in [1.807, 2.05) is 0 Å². The number of carbonyl (C=O) groups is 1. The molecule has 0 aliphatic carbocycles. The molecular formula is C13H25N5O. The summed E-state index contributed by atoms with van der Waals surface area (Å²) in [5, 5.41) is 10.6. The van der Waals surface area contributed by atoms with Crippen LogP contribution in [0.25, 0.3) is 0 Å². The van der Waals surface area contributed by atoms with E-state index in [-0.39, 0.29) is 5.91 Å². The fourth-order valence-corrected chi connectivity index (χ4v) is 1.91. The molecule has 0 aliphatic heterocycles. The highest BCUT2D eigenvalue weighted by Crippen LogP contribution is 2.11. The van der Waals surface area contributed by atoms with Crippen LogP contribution in [0.5, 0.6) is 0 Å². The van der Waals surface area contributed by atoms with Crippen LogP contribution in [0, 0.1) is 5.92 Å². The van der Waals surface area contributed by atoms with Crippen LogP contribution < -0.4 is 11.1 Å². The molecule has 6 nitrogen and oxygen atoms in total. The number of rotatable bonds is 9. The molecule has 0 saturated carbocycles. The molecule has 3 N–H and O–H groups in total. The summed E-state index contributed by atoms with van der Waals surface area (Å²) in [6.07, 6.45) is 6.28. The Labute approximate surface area is 114 Å². The van der Waals surface area contributed by atoms with Gasteiger partial charge in [0.1, 0.15) is 0 Å². The van der Waals surface area contributed by atoms with Crippen LogP contribution in [-0.2, 0) is 6.54 Å². The highest BCUT2D eigenvalue weighted by atomic mass is 16.2. The van der Waals surface area contributed by atoms with Crippen molar-refractivity contribution in [2.45, 2.75) is 46.1 Å². The second-order valence-corrected chi connectivity index (χ2v) is 4.78. The summed E-state index contributed by atoms with van der Waals surface area (Å²) in [4.78, 5) is 11.9. The normalized spacial score (nSPS) is 12.4. The number of hydrogen-bond donors (Lipinski definition) is 2. The minimum absolute atomic E-state index is 0.154.